The fourth-order valence-electron chi connectivity index (χ4n) is 10.7. The molecule has 0 radical (unpaired) electrons. The summed E-state index contributed by atoms with van der Waals surface area (Å²) in [4.78, 5) is 5.27. The van der Waals surface area contributed by atoms with Crippen LogP contribution >= 0.6 is 22.7 Å². The molecule has 64 heavy (non-hydrogen) atoms. The number of hydrogen-bond donors (Lipinski definition) is 0. The van der Waals surface area contributed by atoms with Crippen molar-refractivity contribution in [2.45, 2.75) is 87.0 Å². The summed E-state index contributed by atoms with van der Waals surface area (Å²) in [7, 11) is 0. The van der Waals surface area contributed by atoms with E-state index in [2.05, 4.69) is 218 Å². The van der Waals surface area contributed by atoms with Crippen molar-refractivity contribution < 1.29 is 0 Å². The molecule has 0 saturated carbocycles. The van der Waals surface area contributed by atoms with Crippen molar-refractivity contribution in [1.29, 1.82) is 0 Å². The number of hydrogen-bond acceptors (Lipinski definition) is 4. The van der Waals surface area contributed by atoms with Crippen LogP contribution in [-0.4, -0.2) is 6.71 Å². The zero-order valence-electron chi connectivity index (χ0n) is 39.0. The molecule has 2 nitrogen and oxygen atoms in total. The van der Waals surface area contributed by atoms with Gasteiger partial charge in [0.2, 0.25) is 0 Å². The Morgan fingerprint density at radius 1 is 0.406 bits per heavy atom. The number of benzene rings is 7. The second kappa shape index (κ2) is 14.6. The minimum absolute atomic E-state index is 0.0228. The van der Waals surface area contributed by atoms with E-state index in [1.165, 1.54) is 132 Å². The fourth-order valence-corrected chi connectivity index (χ4v) is 12.4. The average Bonchev–Trinajstić information content (AvgIpc) is 3.93. The largest absolute Gasteiger partial charge is 0.311 e. The minimum Gasteiger partial charge on any atom is -0.311 e. The Labute approximate surface area is 387 Å². The second-order valence-corrected chi connectivity index (χ2v) is 22.5. The first-order valence-corrected chi connectivity index (χ1v) is 24.5. The lowest BCUT2D eigenvalue weighted by molar-refractivity contribution is 0.589. The molecule has 2 aliphatic heterocycles. The average molecular weight is 867 g/mol. The van der Waals surface area contributed by atoms with E-state index in [1.807, 2.05) is 22.7 Å². The van der Waals surface area contributed by atoms with Crippen LogP contribution in [0.2, 0.25) is 0 Å². The molecule has 2 aromatic heterocycles. The summed E-state index contributed by atoms with van der Waals surface area (Å²) < 4.78 is 2.64. The summed E-state index contributed by atoms with van der Waals surface area (Å²) >= 11 is 3.63. The van der Waals surface area contributed by atoms with Crippen LogP contribution in [0, 0.1) is 34.6 Å². The Balaban J connectivity index is 1.22. The van der Waals surface area contributed by atoms with Gasteiger partial charge in [0, 0.05) is 32.1 Å². The SMILES string of the molecule is Cc1cc2c3c(c1)N(c1c(C)cc(C(C)(C)C)cc1C)c1cc(-c4ccc5ccsc5c4)ccc1B3c1ccc(-c3ccc4ccsc4c3)cc1N2c1c(C)cc(C(C)(C)C)cc1C. The molecule has 316 valence electrons. The van der Waals surface area contributed by atoms with Crippen LogP contribution < -0.4 is 26.2 Å². The van der Waals surface area contributed by atoms with E-state index < -0.39 is 0 Å². The molecule has 7 aromatic carbocycles. The van der Waals surface area contributed by atoms with Crippen molar-refractivity contribution in [1.82, 2.24) is 0 Å². The summed E-state index contributed by atoms with van der Waals surface area (Å²) in [6.45, 7) is 25.5. The lowest BCUT2D eigenvalue weighted by atomic mass is 9.33. The summed E-state index contributed by atoms with van der Waals surface area (Å²) in [6, 6.07) is 47.7. The maximum absolute atomic E-state index is 2.64. The molecule has 2 aliphatic rings. The molecule has 0 amide bonds. The van der Waals surface area contributed by atoms with E-state index in [0.29, 0.717) is 0 Å². The van der Waals surface area contributed by atoms with Gasteiger partial charge in [0.1, 0.15) is 0 Å². The molecule has 9 aromatic rings. The highest BCUT2D eigenvalue weighted by Crippen LogP contribution is 2.49. The molecule has 0 unspecified atom stereocenters. The molecule has 0 aliphatic carbocycles. The van der Waals surface area contributed by atoms with Gasteiger partial charge < -0.3 is 9.80 Å². The van der Waals surface area contributed by atoms with Crippen LogP contribution in [0.25, 0.3) is 42.4 Å². The van der Waals surface area contributed by atoms with E-state index in [9.17, 15) is 0 Å². The third-order valence-electron chi connectivity index (χ3n) is 14.0. The predicted octanol–water partition coefficient (Wildman–Crippen LogP) is 15.7. The first-order valence-electron chi connectivity index (χ1n) is 22.7. The van der Waals surface area contributed by atoms with Crippen LogP contribution in [0.5, 0.6) is 0 Å². The Bertz CT molecular complexity index is 3120. The summed E-state index contributed by atoms with van der Waals surface area (Å²) in [6.07, 6.45) is 0. The first kappa shape index (κ1) is 40.9. The van der Waals surface area contributed by atoms with Crippen LogP contribution in [0.3, 0.4) is 0 Å². The maximum atomic E-state index is 2.64. The van der Waals surface area contributed by atoms with Gasteiger partial charge in [-0.15, -0.1) is 22.7 Å². The molecule has 11 rings (SSSR count). The summed E-state index contributed by atoms with van der Waals surface area (Å²) in [5, 5.41) is 6.99. The number of thiophene rings is 2. The zero-order valence-corrected chi connectivity index (χ0v) is 40.6. The molecule has 5 heteroatoms. The van der Waals surface area contributed by atoms with Gasteiger partial charge in [-0.3, -0.25) is 0 Å². The van der Waals surface area contributed by atoms with Crippen LogP contribution in [0.15, 0.2) is 132 Å². The molecule has 0 saturated heterocycles. The van der Waals surface area contributed by atoms with Gasteiger partial charge >= 0.3 is 0 Å². The Morgan fingerprint density at radius 3 is 1.17 bits per heavy atom. The molecule has 4 heterocycles. The minimum atomic E-state index is 0.0228. The first-order chi connectivity index (χ1) is 30.5. The molecule has 0 N–H and O–H groups in total. The normalized spacial score (nSPS) is 13.5. The van der Waals surface area contributed by atoms with Crippen LogP contribution in [0.1, 0.15) is 80.5 Å². The van der Waals surface area contributed by atoms with Gasteiger partial charge in [-0.05, 0) is 193 Å². The Hall–Kier alpha value is -5.88. The second-order valence-electron chi connectivity index (χ2n) is 20.6. The van der Waals surface area contributed by atoms with Gasteiger partial charge in [-0.25, -0.2) is 0 Å². The lowest BCUT2D eigenvalue weighted by Gasteiger charge is -2.46. The van der Waals surface area contributed by atoms with E-state index in [0.717, 1.165) is 0 Å². The highest BCUT2D eigenvalue weighted by Gasteiger charge is 2.44. The zero-order chi connectivity index (χ0) is 44.6. The van der Waals surface area contributed by atoms with Crippen molar-refractivity contribution in [3.05, 3.63) is 171 Å². The van der Waals surface area contributed by atoms with Gasteiger partial charge in [0.05, 0.1) is 11.4 Å². The van der Waals surface area contributed by atoms with Crippen LogP contribution in [-0.2, 0) is 10.8 Å². The van der Waals surface area contributed by atoms with Gasteiger partial charge in [0.15, 0.2) is 0 Å². The summed E-state index contributed by atoms with van der Waals surface area (Å²) in [5.41, 5.74) is 25.8. The van der Waals surface area contributed by atoms with E-state index in [-0.39, 0.29) is 17.5 Å². The fraction of sp³-hybridized carbons (Fsp3) is 0.220. The van der Waals surface area contributed by atoms with Crippen molar-refractivity contribution in [3.8, 4) is 22.3 Å². The molecule has 0 spiro atoms. The number of nitrogens with zero attached hydrogens (tertiary/aromatic N) is 2. The highest BCUT2D eigenvalue weighted by molar-refractivity contribution is 7.17. The smallest absolute Gasteiger partial charge is 0.252 e. The van der Waals surface area contributed by atoms with E-state index in [4.69, 9.17) is 0 Å². The molecular weight excluding hydrogens is 812 g/mol. The predicted molar refractivity (Wildman–Crippen MR) is 283 cm³/mol. The van der Waals surface area contributed by atoms with Gasteiger partial charge in [-0.1, -0.05) is 114 Å². The number of rotatable bonds is 4. The lowest BCUT2D eigenvalue weighted by Crippen LogP contribution is -2.61. The Kier molecular flexibility index (Phi) is 9.31. The number of aryl methyl sites for hydroxylation is 5. The van der Waals surface area contributed by atoms with Crippen molar-refractivity contribution in [3.63, 3.8) is 0 Å². The molecule has 0 atom stereocenters. The number of anilines is 6. The quantitative estimate of drug-likeness (QED) is 0.163. The monoisotopic (exact) mass is 866 g/mol. The summed E-state index contributed by atoms with van der Waals surface area (Å²) in [5.74, 6) is 0. The molecular formula is C59H55BN2S2. The topological polar surface area (TPSA) is 6.48 Å². The highest BCUT2D eigenvalue weighted by atomic mass is 32.1. The van der Waals surface area contributed by atoms with Crippen molar-refractivity contribution >= 4 is 100 Å². The van der Waals surface area contributed by atoms with Crippen molar-refractivity contribution in [2.75, 3.05) is 9.80 Å². The standard InChI is InChI=1S/C59H55BN2S2/c1-34-24-51-55-52(25-34)62(57-37(4)28-46(29-38(57)5)59(9,10)11)50-31-42(44-15-13-40-21-23-64-54(40)33-44)17-19-48(50)60(55)47-18-16-41(43-14-12-39-20-22-63-53(39)32-43)30-49(47)61(51)56-35(2)26-45(27-36(56)3)58(6,7)8/h12-33H,1-11H3. The van der Waals surface area contributed by atoms with Gasteiger partial charge in [0.25, 0.3) is 6.71 Å². The van der Waals surface area contributed by atoms with Gasteiger partial charge in [-0.2, -0.15) is 0 Å². The third kappa shape index (κ3) is 6.49. The number of fused-ring (bicyclic) bond motifs is 6. The van der Waals surface area contributed by atoms with Crippen LogP contribution in [0.4, 0.5) is 34.1 Å². The van der Waals surface area contributed by atoms with E-state index >= 15 is 0 Å². The molecule has 0 fully saturated rings. The van der Waals surface area contributed by atoms with E-state index in [1.54, 1.807) is 0 Å². The third-order valence-corrected chi connectivity index (χ3v) is 15.7. The maximum Gasteiger partial charge on any atom is 0.252 e. The molecule has 0 bridgehead atoms. The van der Waals surface area contributed by atoms with Crippen molar-refractivity contribution in [2.24, 2.45) is 0 Å². The Morgan fingerprint density at radius 2 is 0.781 bits per heavy atom.